The Hall–Kier alpha value is -0.300. The van der Waals surface area contributed by atoms with Crippen LogP contribution in [0.5, 0.6) is 0 Å². The van der Waals surface area contributed by atoms with Gasteiger partial charge in [0.15, 0.2) is 0 Å². The summed E-state index contributed by atoms with van der Waals surface area (Å²) in [6.45, 7) is 0. The molecule has 2 saturated carbocycles. The molecule has 1 N–H and O–H groups in total. The van der Waals surface area contributed by atoms with Gasteiger partial charge in [-0.25, -0.2) is 0 Å². The van der Waals surface area contributed by atoms with Gasteiger partial charge in [0.1, 0.15) is 0 Å². The van der Waals surface area contributed by atoms with E-state index < -0.39 is 0 Å². The van der Waals surface area contributed by atoms with Gasteiger partial charge in [-0.1, -0.05) is 12.2 Å². The fourth-order valence-corrected chi connectivity index (χ4v) is 2.67. The van der Waals surface area contributed by atoms with Crippen molar-refractivity contribution in [2.24, 2.45) is 23.7 Å². The van der Waals surface area contributed by atoms with Crippen molar-refractivity contribution < 1.29 is 5.11 Å². The van der Waals surface area contributed by atoms with Crippen LogP contribution in [0, 0.1) is 23.7 Å². The lowest BCUT2D eigenvalue weighted by molar-refractivity contribution is -0.167. The number of rotatable bonds is 0. The van der Waals surface area contributed by atoms with E-state index in [1.807, 2.05) is 0 Å². The van der Waals surface area contributed by atoms with Gasteiger partial charge in [-0.05, 0) is 30.1 Å². The molecule has 3 aliphatic carbocycles. The number of hydrogen-bond acceptors (Lipinski definition) is 1. The van der Waals surface area contributed by atoms with E-state index in [0.29, 0.717) is 5.92 Å². The molecule has 1 heteroatoms. The highest BCUT2D eigenvalue weighted by molar-refractivity contribution is 5.26. The van der Waals surface area contributed by atoms with Gasteiger partial charge >= 0.3 is 0 Å². The van der Waals surface area contributed by atoms with Crippen molar-refractivity contribution in [3.05, 3.63) is 12.2 Å². The molecule has 3 aliphatic rings. The van der Waals surface area contributed by atoms with Gasteiger partial charge in [0, 0.05) is 0 Å². The van der Waals surface area contributed by atoms with Crippen LogP contribution in [0.25, 0.3) is 0 Å². The van der Waals surface area contributed by atoms with Crippen LogP contribution in [0.2, 0.25) is 0 Å². The van der Waals surface area contributed by atoms with Gasteiger partial charge in [-0.15, -0.1) is 0 Å². The molecule has 0 radical (unpaired) electrons. The van der Waals surface area contributed by atoms with Crippen molar-refractivity contribution in [2.75, 3.05) is 0 Å². The van der Waals surface area contributed by atoms with E-state index >= 15 is 0 Å². The molecule has 5 atom stereocenters. The Kier molecular flexibility index (Phi) is 0.552. The van der Waals surface area contributed by atoms with Crippen LogP contribution in [0.3, 0.4) is 0 Å². The minimum atomic E-state index is 0.0567. The van der Waals surface area contributed by atoms with Gasteiger partial charge in [0.05, 0.1) is 6.10 Å². The molecule has 0 aliphatic heterocycles. The summed E-state index contributed by atoms with van der Waals surface area (Å²) in [7, 11) is 0. The average Bonchev–Trinajstić information content (AvgIpc) is 1.79. The zero-order valence-electron chi connectivity index (χ0n) is 5.20. The molecule has 48 valence electrons. The molecule has 0 aromatic heterocycles. The van der Waals surface area contributed by atoms with Crippen molar-refractivity contribution in [3.8, 4) is 0 Å². The summed E-state index contributed by atoms with van der Waals surface area (Å²) < 4.78 is 0. The lowest BCUT2D eigenvalue weighted by Gasteiger charge is -2.64. The summed E-state index contributed by atoms with van der Waals surface area (Å²) in [5.41, 5.74) is 0. The molecule has 1 nitrogen and oxygen atoms in total. The third-order valence-corrected chi connectivity index (χ3v) is 3.39. The third kappa shape index (κ3) is 0.304. The highest BCUT2D eigenvalue weighted by atomic mass is 16.3. The Morgan fingerprint density at radius 3 is 2.33 bits per heavy atom. The molecule has 0 aromatic carbocycles. The quantitative estimate of drug-likeness (QED) is 0.471. The van der Waals surface area contributed by atoms with Crippen molar-refractivity contribution >= 4 is 0 Å². The van der Waals surface area contributed by atoms with E-state index in [1.165, 1.54) is 0 Å². The zero-order chi connectivity index (χ0) is 6.01. The van der Waals surface area contributed by atoms with Gasteiger partial charge in [-0.3, -0.25) is 0 Å². The lowest BCUT2D eigenvalue weighted by Crippen LogP contribution is -2.62. The molecule has 0 bridgehead atoms. The summed E-state index contributed by atoms with van der Waals surface area (Å²) in [4.78, 5) is 0. The summed E-state index contributed by atoms with van der Waals surface area (Å²) in [6, 6.07) is 0. The number of allylic oxidation sites excluding steroid dienone is 2. The molecule has 9 heavy (non-hydrogen) atoms. The van der Waals surface area contributed by atoms with Crippen LogP contribution in [0.1, 0.15) is 6.42 Å². The average molecular weight is 122 g/mol. The van der Waals surface area contributed by atoms with Crippen LogP contribution in [-0.4, -0.2) is 11.2 Å². The van der Waals surface area contributed by atoms with E-state index in [-0.39, 0.29) is 6.10 Å². The summed E-state index contributed by atoms with van der Waals surface area (Å²) in [5, 5.41) is 9.23. The standard InChI is InChI=1S/C8H10O/c9-7-3-6-4-1-2-5(4)8(6)7/h1-2,4-9H,3H2/t4-,5+,6-,7+,8-/m1/s1. The first-order valence-corrected chi connectivity index (χ1v) is 3.74. The number of aliphatic hydroxyl groups excluding tert-OH is 1. The van der Waals surface area contributed by atoms with Crippen molar-refractivity contribution in [3.63, 3.8) is 0 Å². The molecule has 0 spiro atoms. The fourth-order valence-electron chi connectivity index (χ4n) is 2.67. The minimum Gasteiger partial charge on any atom is -0.393 e. The summed E-state index contributed by atoms with van der Waals surface area (Å²) in [5.74, 6) is 3.24. The Bertz CT molecular complexity index is 185. The zero-order valence-corrected chi connectivity index (χ0v) is 5.20. The highest BCUT2D eigenvalue weighted by Gasteiger charge is 2.61. The first-order valence-electron chi connectivity index (χ1n) is 3.74. The second kappa shape index (κ2) is 1.10. The maximum atomic E-state index is 9.23. The van der Waals surface area contributed by atoms with Crippen molar-refractivity contribution in [2.45, 2.75) is 12.5 Å². The number of hydrogen-bond donors (Lipinski definition) is 1. The minimum absolute atomic E-state index is 0.0567. The van der Waals surface area contributed by atoms with Crippen molar-refractivity contribution in [1.29, 1.82) is 0 Å². The number of aliphatic hydroxyl groups is 1. The molecule has 0 heterocycles. The second-order valence-electron chi connectivity index (χ2n) is 3.58. The van der Waals surface area contributed by atoms with Crippen molar-refractivity contribution in [1.82, 2.24) is 0 Å². The Balaban J connectivity index is 1.90. The van der Waals surface area contributed by atoms with E-state index in [4.69, 9.17) is 0 Å². The van der Waals surface area contributed by atoms with Crippen LogP contribution < -0.4 is 0 Å². The van der Waals surface area contributed by atoms with E-state index in [0.717, 1.165) is 24.2 Å². The van der Waals surface area contributed by atoms with Crippen LogP contribution in [0.4, 0.5) is 0 Å². The van der Waals surface area contributed by atoms with Crippen LogP contribution >= 0.6 is 0 Å². The first-order chi connectivity index (χ1) is 4.38. The molecule has 0 unspecified atom stereocenters. The Morgan fingerprint density at radius 2 is 2.00 bits per heavy atom. The molecular formula is C8H10O. The highest BCUT2D eigenvalue weighted by Crippen LogP contribution is 2.63. The van der Waals surface area contributed by atoms with Crippen LogP contribution in [0.15, 0.2) is 12.2 Å². The molecule has 0 aromatic rings. The Morgan fingerprint density at radius 1 is 1.22 bits per heavy atom. The monoisotopic (exact) mass is 122 g/mol. The SMILES string of the molecule is O[C@H]1C[C@@H]2[C@@H]3C=C[C@@H]3[C@H]21. The molecule has 0 saturated heterocycles. The van der Waals surface area contributed by atoms with E-state index in [1.54, 1.807) is 0 Å². The third-order valence-electron chi connectivity index (χ3n) is 3.39. The predicted molar refractivity (Wildman–Crippen MR) is 33.7 cm³/mol. The van der Waals surface area contributed by atoms with Gasteiger partial charge < -0.3 is 5.11 Å². The van der Waals surface area contributed by atoms with Crippen LogP contribution in [-0.2, 0) is 0 Å². The second-order valence-corrected chi connectivity index (χ2v) is 3.58. The van der Waals surface area contributed by atoms with Gasteiger partial charge in [0.25, 0.3) is 0 Å². The van der Waals surface area contributed by atoms with E-state index in [2.05, 4.69) is 12.2 Å². The first kappa shape index (κ1) is 4.51. The molecule has 2 fully saturated rings. The lowest BCUT2D eigenvalue weighted by atomic mass is 9.42. The number of fused-ring (bicyclic) bond motifs is 4. The molecule has 0 amide bonds. The van der Waals surface area contributed by atoms with Gasteiger partial charge in [0.2, 0.25) is 0 Å². The smallest absolute Gasteiger partial charge is 0.0580 e. The maximum Gasteiger partial charge on any atom is 0.0580 e. The topological polar surface area (TPSA) is 20.2 Å². The van der Waals surface area contributed by atoms with E-state index in [9.17, 15) is 5.11 Å². The molecular weight excluding hydrogens is 112 g/mol. The normalized spacial score (nSPS) is 66.6. The predicted octanol–water partition coefficient (Wildman–Crippen LogP) is 0.799. The summed E-state index contributed by atoms with van der Waals surface area (Å²) >= 11 is 0. The maximum absolute atomic E-state index is 9.23. The van der Waals surface area contributed by atoms with Gasteiger partial charge in [-0.2, -0.15) is 0 Å². The molecule has 3 rings (SSSR count). The summed E-state index contributed by atoms with van der Waals surface area (Å²) in [6.07, 6.45) is 5.70. The Labute approximate surface area is 54.4 Å². The fraction of sp³-hybridized carbons (Fsp3) is 0.750. The largest absolute Gasteiger partial charge is 0.393 e.